The van der Waals surface area contributed by atoms with Gasteiger partial charge in [0, 0.05) is 0 Å². The third-order valence-electron chi connectivity index (χ3n) is 3.01. The number of hydrogen-bond donors (Lipinski definition) is 4. The molecule has 0 aliphatic rings. The van der Waals surface area contributed by atoms with Gasteiger partial charge in [-0.1, -0.05) is 45.4 Å². The number of hydrogen-bond acceptors (Lipinski definition) is 3. The molecule has 0 aromatic rings. The van der Waals surface area contributed by atoms with Crippen molar-refractivity contribution in [3.8, 4) is 0 Å². The zero-order chi connectivity index (χ0) is 14.5. The number of rotatable bonds is 12. The van der Waals surface area contributed by atoms with Crippen LogP contribution in [0.15, 0.2) is 0 Å². The van der Waals surface area contributed by atoms with Gasteiger partial charge in [-0.05, 0) is 12.8 Å². The molecule has 0 bridgehead atoms. The number of carboxylic acid groups (broad SMARTS) is 1. The second-order valence-electron chi connectivity index (χ2n) is 4.74. The van der Waals surface area contributed by atoms with Crippen LogP contribution in [0.25, 0.3) is 0 Å². The molecule has 0 aliphatic heterocycles. The van der Waals surface area contributed by atoms with Gasteiger partial charge in [0.2, 0.25) is 5.96 Å². The molecular formula is C13H27N3O3. The molecule has 0 radical (unpaired) electrons. The Bertz CT molecular complexity index is 260. The number of unbranched alkanes of at least 4 members (excludes halogenated alkanes) is 5. The first kappa shape index (κ1) is 17.7. The van der Waals surface area contributed by atoms with Crippen molar-refractivity contribution in [3.05, 3.63) is 0 Å². The van der Waals surface area contributed by atoms with Gasteiger partial charge in [-0.2, -0.15) is 0 Å². The van der Waals surface area contributed by atoms with Crippen molar-refractivity contribution < 1.29 is 14.7 Å². The Labute approximate surface area is 115 Å². The molecule has 112 valence electrons. The SMILES string of the molecule is CCCCCCCCC(CCONC(=N)N)C(=O)O. The molecule has 6 nitrogen and oxygen atoms in total. The van der Waals surface area contributed by atoms with Crippen LogP contribution in [0.3, 0.4) is 0 Å². The van der Waals surface area contributed by atoms with Crippen molar-refractivity contribution in [3.63, 3.8) is 0 Å². The van der Waals surface area contributed by atoms with E-state index in [9.17, 15) is 4.79 Å². The fraction of sp³-hybridized carbons (Fsp3) is 0.846. The first-order valence-electron chi connectivity index (χ1n) is 7.02. The first-order valence-corrected chi connectivity index (χ1v) is 7.02. The van der Waals surface area contributed by atoms with Gasteiger partial charge < -0.3 is 10.8 Å². The molecule has 0 saturated carbocycles. The highest BCUT2D eigenvalue weighted by molar-refractivity contribution is 5.73. The molecule has 0 saturated heterocycles. The summed E-state index contributed by atoms with van der Waals surface area (Å²) in [4.78, 5) is 15.9. The molecule has 5 N–H and O–H groups in total. The third kappa shape index (κ3) is 11.5. The highest BCUT2D eigenvalue weighted by Crippen LogP contribution is 2.15. The van der Waals surface area contributed by atoms with Gasteiger partial charge in [0.25, 0.3) is 0 Å². The van der Waals surface area contributed by atoms with Crippen LogP contribution >= 0.6 is 0 Å². The van der Waals surface area contributed by atoms with Crippen LogP contribution in [0.4, 0.5) is 0 Å². The Hall–Kier alpha value is -1.30. The van der Waals surface area contributed by atoms with Crippen LogP contribution in [-0.2, 0) is 9.63 Å². The quantitative estimate of drug-likeness (QED) is 0.189. The molecule has 0 heterocycles. The van der Waals surface area contributed by atoms with Gasteiger partial charge in [-0.3, -0.25) is 15.0 Å². The Kier molecular flexibility index (Phi) is 11.0. The van der Waals surface area contributed by atoms with Gasteiger partial charge in [0.15, 0.2) is 0 Å². The Morgan fingerprint density at radius 3 is 2.47 bits per heavy atom. The predicted molar refractivity (Wildman–Crippen MR) is 74.7 cm³/mol. The Morgan fingerprint density at radius 1 is 1.26 bits per heavy atom. The fourth-order valence-corrected chi connectivity index (χ4v) is 1.89. The van der Waals surface area contributed by atoms with Gasteiger partial charge in [0.1, 0.15) is 0 Å². The van der Waals surface area contributed by atoms with Crippen molar-refractivity contribution in [1.82, 2.24) is 5.48 Å². The summed E-state index contributed by atoms with van der Waals surface area (Å²) in [5, 5.41) is 16.0. The maximum atomic E-state index is 11.1. The summed E-state index contributed by atoms with van der Waals surface area (Å²) < 4.78 is 0. The van der Waals surface area contributed by atoms with Gasteiger partial charge in [0.05, 0.1) is 12.5 Å². The molecule has 1 atom stereocenters. The third-order valence-corrected chi connectivity index (χ3v) is 3.01. The van der Waals surface area contributed by atoms with Crippen LogP contribution in [0, 0.1) is 11.3 Å². The standard InChI is InChI=1S/C13H27N3O3/c1-2-3-4-5-6-7-8-11(12(17)18)9-10-19-16-13(14)15/h11H,2-10H2,1H3,(H,17,18)(H4,14,15,16). The lowest BCUT2D eigenvalue weighted by Gasteiger charge is -2.12. The molecule has 6 heteroatoms. The number of aliphatic carboxylic acids is 1. The summed E-state index contributed by atoms with van der Waals surface area (Å²) in [5.74, 6) is -1.43. The van der Waals surface area contributed by atoms with Crippen LogP contribution in [0.2, 0.25) is 0 Å². The summed E-state index contributed by atoms with van der Waals surface area (Å²) in [5.41, 5.74) is 7.24. The van der Waals surface area contributed by atoms with E-state index in [1.165, 1.54) is 25.7 Å². The Morgan fingerprint density at radius 2 is 1.89 bits per heavy atom. The number of nitrogens with one attached hydrogen (secondary N) is 2. The minimum Gasteiger partial charge on any atom is -0.481 e. The second kappa shape index (κ2) is 11.8. The van der Waals surface area contributed by atoms with Crippen LogP contribution in [0.1, 0.15) is 58.3 Å². The van der Waals surface area contributed by atoms with Crippen molar-refractivity contribution in [2.75, 3.05) is 6.61 Å². The average Bonchev–Trinajstić information content (AvgIpc) is 2.35. The number of hydroxylamine groups is 1. The van der Waals surface area contributed by atoms with E-state index < -0.39 is 5.97 Å². The van der Waals surface area contributed by atoms with Crippen molar-refractivity contribution >= 4 is 11.9 Å². The molecule has 0 spiro atoms. The molecule has 19 heavy (non-hydrogen) atoms. The minimum atomic E-state index is -0.778. The lowest BCUT2D eigenvalue weighted by Crippen LogP contribution is -2.31. The number of nitrogens with two attached hydrogens (primary N) is 1. The van der Waals surface area contributed by atoms with Crippen molar-refractivity contribution in [2.24, 2.45) is 11.7 Å². The van der Waals surface area contributed by atoms with Crippen LogP contribution < -0.4 is 11.2 Å². The minimum absolute atomic E-state index is 0.242. The molecule has 0 aromatic heterocycles. The van der Waals surface area contributed by atoms with E-state index in [0.717, 1.165) is 12.8 Å². The predicted octanol–water partition coefficient (Wildman–Crippen LogP) is 2.24. The lowest BCUT2D eigenvalue weighted by molar-refractivity contribution is -0.142. The number of carboxylic acids is 1. The largest absolute Gasteiger partial charge is 0.481 e. The van der Waals surface area contributed by atoms with Crippen molar-refractivity contribution in [1.29, 1.82) is 5.41 Å². The fourth-order valence-electron chi connectivity index (χ4n) is 1.89. The van der Waals surface area contributed by atoms with Gasteiger partial charge >= 0.3 is 5.97 Å². The summed E-state index contributed by atoms with van der Waals surface area (Å²) in [6, 6.07) is 0. The monoisotopic (exact) mass is 273 g/mol. The van der Waals surface area contributed by atoms with E-state index in [-0.39, 0.29) is 18.5 Å². The summed E-state index contributed by atoms with van der Waals surface area (Å²) in [7, 11) is 0. The summed E-state index contributed by atoms with van der Waals surface area (Å²) in [6.45, 7) is 2.42. The maximum Gasteiger partial charge on any atom is 0.306 e. The highest BCUT2D eigenvalue weighted by Gasteiger charge is 2.16. The van der Waals surface area contributed by atoms with Crippen molar-refractivity contribution in [2.45, 2.75) is 58.3 Å². The molecule has 1 unspecified atom stereocenters. The highest BCUT2D eigenvalue weighted by atomic mass is 16.6. The molecule has 0 fully saturated rings. The van der Waals surface area contributed by atoms with E-state index in [1.54, 1.807) is 0 Å². The number of guanidine groups is 1. The second-order valence-corrected chi connectivity index (χ2v) is 4.74. The van der Waals surface area contributed by atoms with Gasteiger partial charge in [-0.25, -0.2) is 5.48 Å². The maximum absolute atomic E-state index is 11.1. The molecule has 0 rings (SSSR count). The van der Waals surface area contributed by atoms with Gasteiger partial charge in [-0.15, -0.1) is 0 Å². The first-order chi connectivity index (χ1) is 9.07. The summed E-state index contributed by atoms with van der Waals surface area (Å²) >= 11 is 0. The van der Waals surface area contributed by atoms with E-state index in [0.29, 0.717) is 12.8 Å². The van der Waals surface area contributed by atoms with E-state index in [2.05, 4.69) is 12.4 Å². The smallest absolute Gasteiger partial charge is 0.306 e. The zero-order valence-corrected chi connectivity index (χ0v) is 11.8. The average molecular weight is 273 g/mol. The van der Waals surface area contributed by atoms with E-state index >= 15 is 0 Å². The topological polar surface area (TPSA) is 108 Å². The molecule has 0 aromatic carbocycles. The van der Waals surface area contributed by atoms with Crippen LogP contribution in [-0.4, -0.2) is 23.6 Å². The Balaban J connectivity index is 3.63. The molecule has 0 amide bonds. The van der Waals surface area contributed by atoms with E-state index in [1.807, 2.05) is 0 Å². The van der Waals surface area contributed by atoms with Crippen LogP contribution in [0.5, 0.6) is 0 Å². The molecular weight excluding hydrogens is 246 g/mol. The van der Waals surface area contributed by atoms with E-state index in [4.69, 9.17) is 21.1 Å². The number of carbonyl (C=O) groups is 1. The zero-order valence-electron chi connectivity index (χ0n) is 11.8. The molecule has 0 aliphatic carbocycles. The lowest BCUT2D eigenvalue weighted by atomic mass is 9.97. The normalized spacial score (nSPS) is 12.1. The summed E-state index contributed by atoms with van der Waals surface area (Å²) in [6.07, 6.45) is 8.06.